The first-order valence-corrected chi connectivity index (χ1v) is 7.23. The first kappa shape index (κ1) is 12.3. The minimum absolute atomic E-state index is 0.163. The number of hydrogen-bond acceptors (Lipinski definition) is 1. The van der Waals surface area contributed by atoms with Gasteiger partial charge < -0.3 is 0 Å². The van der Waals surface area contributed by atoms with Crippen molar-refractivity contribution in [1.82, 2.24) is 4.31 Å². The summed E-state index contributed by atoms with van der Waals surface area (Å²) in [6.07, 6.45) is 0. The van der Waals surface area contributed by atoms with Gasteiger partial charge in [0, 0.05) is 11.0 Å². The summed E-state index contributed by atoms with van der Waals surface area (Å²) < 4.78 is 15.1. The van der Waals surface area contributed by atoms with Crippen molar-refractivity contribution < 1.29 is 4.21 Å². The largest absolute Gasteiger partial charge is 0.242 e. The molecule has 16 heavy (non-hydrogen) atoms. The van der Waals surface area contributed by atoms with E-state index in [0.717, 1.165) is 11.0 Å². The van der Waals surface area contributed by atoms with E-state index in [-0.39, 0.29) is 4.75 Å². The molecular formula is C12H16BrNOS. The van der Waals surface area contributed by atoms with Crippen LogP contribution in [0.4, 0.5) is 0 Å². The maximum Gasteiger partial charge on any atom is 0.100 e. The Morgan fingerprint density at radius 1 is 1.31 bits per heavy atom. The van der Waals surface area contributed by atoms with Crippen LogP contribution in [0.15, 0.2) is 28.7 Å². The van der Waals surface area contributed by atoms with Crippen LogP contribution in [0.3, 0.4) is 0 Å². The molecule has 0 aromatic heterocycles. The van der Waals surface area contributed by atoms with Crippen LogP contribution in [0, 0.1) is 0 Å². The van der Waals surface area contributed by atoms with Gasteiger partial charge in [-0.25, -0.2) is 8.51 Å². The van der Waals surface area contributed by atoms with E-state index in [1.165, 1.54) is 5.56 Å². The Balaban J connectivity index is 2.07. The molecule has 1 heterocycles. The second-order valence-electron chi connectivity index (χ2n) is 5.03. The smallest absolute Gasteiger partial charge is 0.100 e. The minimum Gasteiger partial charge on any atom is -0.242 e. The van der Waals surface area contributed by atoms with Crippen LogP contribution < -0.4 is 0 Å². The highest BCUT2D eigenvalue weighted by Gasteiger charge is 2.43. The van der Waals surface area contributed by atoms with Gasteiger partial charge in [0.1, 0.15) is 11.0 Å². The Morgan fingerprint density at radius 3 is 2.38 bits per heavy atom. The number of benzene rings is 1. The topological polar surface area (TPSA) is 20.1 Å². The second-order valence-corrected chi connectivity index (χ2v) is 8.14. The van der Waals surface area contributed by atoms with E-state index in [9.17, 15) is 4.21 Å². The number of halogens is 1. The lowest BCUT2D eigenvalue weighted by molar-refractivity contribution is 0.607. The summed E-state index contributed by atoms with van der Waals surface area (Å²) in [5, 5.41) is 0. The van der Waals surface area contributed by atoms with Crippen LogP contribution in [-0.4, -0.2) is 19.8 Å². The van der Waals surface area contributed by atoms with Crippen LogP contribution >= 0.6 is 15.9 Å². The second kappa shape index (κ2) is 4.24. The van der Waals surface area contributed by atoms with E-state index in [1.54, 1.807) is 0 Å². The molecule has 2 unspecified atom stereocenters. The van der Waals surface area contributed by atoms with Gasteiger partial charge in [0.15, 0.2) is 0 Å². The van der Waals surface area contributed by atoms with Crippen LogP contribution in [0.25, 0.3) is 0 Å². The van der Waals surface area contributed by atoms with Crippen molar-refractivity contribution in [3.8, 4) is 0 Å². The monoisotopic (exact) mass is 301 g/mol. The quantitative estimate of drug-likeness (QED) is 0.768. The molecule has 1 aliphatic rings. The average Bonchev–Trinajstić information content (AvgIpc) is 2.96. The first-order chi connectivity index (χ1) is 7.39. The molecule has 0 bridgehead atoms. The predicted molar refractivity (Wildman–Crippen MR) is 71.5 cm³/mol. The molecule has 0 aliphatic carbocycles. The molecule has 1 fully saturated rings. The molecule has 1 aliphatic heterocycles. The molecule has 3 atom stereocenters. The van der Waals surface area contributed by atoms with Crippen LogP contribution in [-0.2, 0) is 11.0 Å². The first-order valence-electron chi connectivity index (χ1n) is 5.34. The van der Waals surface area contributed by atoms with Crippen molar-refractivity contribution in [2.24, 2.45) is 0 Å². The predicted octanol–water partition coefficient (Wildman–Crippen LogP) is 3.27. The summed E-state index contributed by atoms with van der Waals surface area (Å²) in [6, 6.07) is 8.59. The lowest BCUT2D eigenvalue weighted by Gasteiger charge is -2.18. The Kier molecular flexibility index (Phi) is 3.25. The highest BCUT2D eigenvalue weighted by Crippen LogP contribution is 2.39. The van der Waals surface area contributed by atoms with E-state index in [1.807, 2.05) is 37.2 Å². The maximum atomic E-state index is 12.1. The highest BCUT2D eigenvalue weighted by molar-refractivity contribution is 9.10. The number of hydrogen-bond donors (Lipinski definition) is 0. The molecule has 0 spiro atoms. The van der Waals surface area contributed by atoms with Gasteiger partial charge in [-0.1, -0.05) is 28.1 Å². The molecule has 4 heteroatoms. The SMILES string of the molecule is CC(C)(C)S(=O)N1C[C@@H]1c1ccc(Br)cc1. The van der Waals surface area contributed by atoms with Gasteiger partial charge in [-0.15, -0.1) is 0 Å². The van der Waals surface area contributed by atoms with E-state index in [0.29, 0.717) is 6.04 Å². The van der Waals surface area contributed by atoms with E-state index < -0.39 is 11.0 Å². The molecule has 1 saturated heterocycles. The van der Waals surface area contributed by atoms with Crippen molar-refractivity contribution >= 4 is 26.9 Å². The Hall–Kier alpha value is -0.190. The van der Waals surface area contributed by atoms with Crippen LogP contribution in [0.5, 0.6) is 0 Å². The van der Waals surface area contributed by atoms with Gasteiger partial charge >= 0.3 is 0 Å². The normalized spacial score (nSPS) is 26.5. The van der Waals surface area contributed by atoms with Crippen LogP contribution in [0.2, 0.25) is 0 Å². The molecule has 0 N–H and O–H groups in total. The van der Waals surface area contributed by atoms with Crippen LogP contribution in [0.1, 0.15) is 32.4 Å². The summed E-state index contributed by atoms with van der Waals surface area (Å²) in [6.45, 7) is 6.95. The molecule has 1 aromatic rings. The molecule has 0 radical (unpaired) electrons. The summed E-state index contributed by atoms with van der Waals surface area (Å²) in [5.41, 5.74) is 1.25. The fourth-order valence-corrected chi connectivity index (χ4v) is 3.21. The average molecular weight is 302 g/mol. The van der Waals surface area contributed by atoms with Gasteiger partial charge in [-0.3, -0.25) is 0 Å². The molecule has 0 amide bonds. The summed E-state index contributed by atoms with van der Waals surface area (Å²) in [4.78, 5) is 0. The Morgan fingerprint density at radius 2 is 1.88 bits per heavy atom. The maximum absolute atomic E-state index is 12.1. The standard InChI is InChI=1S/C12H16BrNOS/c1-12(2,3)16(15)14-8-11(14)9-4-6-10(13)7-5-9/h4-7,11H,8H2,1-3H3/t11-,14?,16?/m1/s1. The Labute approximate surface area is 108 Å². The van der Waals surface area contributed by atoms with Gasteiger partial charge in [0.05, 0.1) is 10.8 Å². The molecule has 0 saturated carbocycles. The zero-order valence-electron chi connectivity index (χ0n) is 9.74. The number of nitrogens with zero attached hydrogens (tertiary/aromatic N) is 1. The Bertz CT molecular complexity index is 410. The molecular weight excluding hydrogens is 286 g/mol. The van der Waals surface area contributed by atoms with E-state index in [4.69, 9.17) is 0 Å². The third-order valence-corrected chi connectivity index (χ3v) is 4.96. The van der Waals surface area contributed by atoms with Gasteiger partial charge in [0.25, 0.3) is 0 Å². The highest BCUT2D eigenvalue weighted by atomic mass is 79.9. The third-order valence-electron chi connectivity index (χ3n) is 2.56. The van der Waals surface area contributed by atoms with Gasteiger partial charge in [-0.05, 0) is 38.5 Å². The molecule has 2 nitrogen and oxygen atoms in total. The third kappa shape index (κ3) is 2.55. The lowest BCUT2D eigenvalue weighted by Crippen LogP contribution is -2.27. The fourth-order valence-electron chi connectivity index (χ4n) is 1.61. The van der Waals surface area contributed by atoms with Gasteiger partial charge in [0.2, 0.25) is 0 Å². The summed E-state index contributed by atoms with van der Waals surface area (Å²) in [5.74, 6) is 0. The van der Waals surface area contributed by atoms with Crippen molar-refractivity contribution in [1.29, 1.82) is 0 Å². The minimum atomic E-state index is -0.892. The van der Waals surface area contributed by atoms with E-state index >= 15 is 0 Å². The van der Waals surface area contributed by atoms with Gasteiger partial charge in [-0.2, -0.15) is 0 Å². The van der Waals surface area contributed by atoms with Crippen molar-refractivity contribution in [3.63, 3.8) is 0 Å². The van der Waals surface area contributed by atoms with E-state index in [2.05, 4.69) is 28.1 Å². The van der Waals surface area contributed by atoms with Crippen molar-refractivity contribution in [3.05, 3.63) is 34.3 Å². The molecule has 1 aromatic carbocycles. The zero-order chi connectivity index (χ0) is 11.9. The summed E-state index contributed by atoms with van der Waals surface area (Å²) in [7, 11) is -0.892. The number of rotatable bonds is 2. The van der Waals surface area contributed by atoms with Crippen molar-refractivity contribution in [2.75, 3.05) is 6.54 Å². The van der Waals surface area contributed by atoms with Crippen molar-refractivity contribution in [2.45, 2.75) is 31.6 Å². The fraction of sp³-hybridized carbons (Fsp3) is 0.500. The molecule has 88 valence electrons. The lowest BCUT2D eigenvalue weighted by atomic mass is 10.2. The zero-order valence-corrected chi connectivity index (χ0v) is 12.1. The molecule has 2 rings (SSSR count). The summed E-state index contributed by atoms with van der Waals surface area (Å²) >= 11 is 3.42.